The molecule has 0 aliphatic carbocycles. The van der Waals surface area contributed by atoms with Gasteiger partial charge in [-0.2, -0.15) is 0 Å². The van der Waals surface area contributed by atoms with Gasteiger partial charge in [-0.3, -0.25) is 0 Å². The quantitative estimate of drug-likeness (QED) is 0.744. The predicted molar refractivity (Wildman–Crippen MR) is 62.1 cm³/mol. The minimum atomic E-state index is 0.130. The van der Waals surface area contributed by atoms with Crippen molar-refractivity contribution in [2.24, 2.45) is 5.92 Å². The highest BCUT2D eigenvalue weighted by molar-refractivity contribution is 5.58. The summed E-state index contributed by atoms with van der Waals surface area (Å²) >= 11 is 0. The first-order chi connectivity index (χ1) is 7.04. The zero-order valence-electron chi connectivity index (χ0n) is 9.58. The molecule has 1 aromatic carbocycles. The van der Waals surface area contributed by atoms with Crippen LogP contribution in [0.25, 0.3) is 0 Å². The summed E-state index contributed by atoms with van der Waals surface area (Å²) in [6.07, 6.45) is 0. The van der Waals surface area contributed by atoms with E-state index in [0.717, 1.165) is 16.9 Å². The third-order valence-corrected chi connectivity index (χ3v) is 2.27. The molecule has 3 N–H and O–H groups in total. The first-order valence-corrected chi connectivity index (χ1v) is 5.15. The number of aliphatic hydroxyl groups is 1. The molecule has 1 atom stereocenters. The molecule has 1 unspecified atom stereocenters. The van der Waals surface area contributed by atoms with Gasteiger partial charge in [-0.25, -0.2) is 0 Å². The molecule has 1 rings (SSSR count). The van der Waals surface area contributed by atoms with Crippen LogP contribution in [0, 0.1) is 19.8 Å². The Hall–Kier alpha value is -1.22. The predicted octanol–water partition coefficient (Wildman–Crippen LogP) is 1.89. The first kappa shape index (κ1) is 11.9. The van der Waals surface area contributed by atoms with Crippen LogP contribution in [0.4, 0.5) is 5.69 Å². The van der Waals surface area contributed by atoms with Crippen LogP contribution in [-0.4, -0.2) is 18.3 Å². The molecule has 3 nitrogen and oxygen atoms in total. The second kappa shape index (κ2) is 5.03. The molecular formula is C12H19NO2. The van der Waals surface area contributed by atoms with E-state index in [1.54, 1.807) is 0 Å². The molecule has 0 aromatic heterocycles. The zero-order valence-corrected chi connectivity index (χ0v) is 9.58. The van der Waals surface area contributed by atoms with Gasteiger partial charge in [-0.05, 0) is 31.0 Å². The summed E-state index contributed by atoms with van der Waals surface area (Å²) in [6, 6.07) is 3.93. The number of aliphatic hydroxyl groups excluding tert-OH is 1. The topological polar surface area (TPSA) is 55.5 Å². The molecule has 1 aromatic rings. The van der Waals surface area contributed by atoms with E-state index < -0.39 is 0 Å². The van der Waals surface area contributed by atoms with Crippen molar-refractivity contribution in [2.75, 3.05) is 18.9 Å². The highest BCUT2D eigenvalue weighted by Crippen LogP contribution is 2.27. The molecule has 0 fully saturated rings. The zero-order chi connectivity index (χ0) is 11.4. The summed E-state index contributed by atoms with van der Waals surface area (Å²) in [5.41, 5.74) is 8.70. The fourth-order valence-electron chi connectivity index (χ4n) is 1.46. The van der Waals surface area contributed by atoms with Crippen LogP contribution in [0.5, 0.6) is 5.75 Å². The number of anilines is 1. The van der Waals surface area contributed by atoms with Gasteiger partial charge in [0.25, 0.3) is 0 Å². The van der Waals surface area contributed by atoms with Gasteiger partial charge in [0.1, 0.15) is 5.75 Å². The molecule has 0 spiro atoms. The lowest BCUT2D eigenvalue weighted by atomic mass is 10.1. The molecule has 84 valence electrons. The van der Waals surface area contributed by atoms with Gasteiger partial charge in [0.15, 0.2) is 0 Å². The van der Waals surface area contributed by atoms with Gasteiger partial charge < -0.3 is 15.6 Å². The Kier molecular flexibility index (Phi) is 3.97. The average molecular weight is 209 g/mol. The Morgan fingerprint density at radius 1 is 1.40 bits per heavy atom. The van der Waals surface area contributed by atoms with Crippen LogP contribution in [0.3, 0.4) is 0 Å². The third kappa shape index (κ3) is 3.13. The van der Waals surface area contributed by atoms with Gasteiger partial charge in [0, 0.05) is 12.5 Å². The Balaban J connectivity index is 2.77. The van der Waals surface area contributed by atoms with Crippen LogP contribution < -0.4 is 10.5 Å². The molecular weight excluding hydrogens is 190 g/mol. The molecule has 0 aliphatic rings. The maximum atomic E-state index is 8.88. The van der Waals surface area contributed by atoms with Crippen molar-refractivity contribution in [1.29, 1.82) is 0 Å². The lowest BCUT2D eigenvalue weighted by molar-refractivity contribution is 0.174. The van der Waals surface area contributed by atoms with Gasteiger partial charge in [0.2, 0.25) is 0 Å². The molecule has 15 heavy (non-hydrogen) atoms. The van der Waals surface area contributed by atoms with Crippen LogP contribution in [0.15, 0.2) is 12.1 Å². The molecule has 0 bridgehead atoms. The minimum Gasteiger partial charge on any atom is -0.491 e. The van der Waals surface area contributed by atoms with Crippen molar-refractivity contribution in [3.05, 3.63) is 23.3 Å². The van der Waals surface area contributed by atoms with E-state index in [-0.39, 0.29) is 12.5 Å². The minimum absolute atomic E-state index is 0.130. The third-order valence-electron chi connectivity index (χ3n) is 2.27. The van der Waals surface area contributed by atoms with E-state index in [9.17, 15) is 0 Å². The van der Waals surface area contributed by atoms with Gasteiger partial charge >= 0.3 is 0 Å². The number of nitrogens with two attached hydrogens (primary N) is 1. The highest BCUT2D eigenvalue weighted by Gasteiger charge is 2.07. The maximum absolute atomic E-state index is 8.88. The van der Waals surface area contributed by atoms with Crippen molar-refractivity contribution in [2.45, 2.75) is 20.8 Å². The molecule has 0 saturated carbocycles. The number of rotatable bonds is 4. The Bertz CT molecular complexity index is 313. The Morgan fingerprint density at radius 2 is 2.07 bits per heavy atom. The fraction of sp³-hybridized carbons (Fsp3) is 0.500. The van der Waals surface area contributed by atoms with E-state index in [1.165, 1.54) is 0 Å². The van der Waals surface area contributed by atoms with Crippen LogP contribution >= 0.6 is 0 Å². The van der Waals surface area contributed by atoms with Crippen molar-refractivity contribution < 1.29 is 9.84 Å². The Labute approximate surface area is 90.9 Å². The molecule has 3 heteroatoms. The number of hydrogen-bond acceptors (Lipinski definition) is 3. The smallest absolute Gasteiger partial charge is 0.145 e. The summed E-state index contributed by atoms with van der Waals surface area (Å²) in [6.45, 7) is 6.53. The average Bonchev–Trinajstić information content (AvgIpc) is 2.15. The summed E-state index contributed by atoms with van der Waals surface area (Å²) in [7, 11) is 0. The summed E-state index contributed by atoms with van der Waals surface area (Å²) in [5, 5.41) is 8.88. The second-order valence-corrected chi connectivity index (χ2v) is 4.10. The summed E-state index contributed by atoms with van der Waals surface area (Å²) in [5.74, 6) is 0.867. The van der Waals surface area contributed by atoms with E-state index in [2.05, 4.69) is 0 Å². The molecule has 0 heterocycles. The highest BCUT2D eigenvalue weighted by atomic mass is 16.5. The van der Waals surface area contributed by atoms with Crippen molar-refractivity contribution >= 4 is 5.69 Å². The van der Waals surface area contributed by atoms with Crippen LogP contribution in [0.1, 0.15) is 18.1 Å². The monoisotopic (exact) mass is 209 g/mol. The molecule has 0 aliphatic heterocycles. The summed E-state index contributed by atoms with van der Waals surface area (Å²) < 4.78 is 5.59. The van der Waals surface area contributed by atoms with Gasteiger partial charge in [-0.15, -0.1) is 0 Å². The SMILES string of the molecule is Cc1cc(C)c(OCC(C)CO)c(N)c1. The fourth-order valence-corrected chi connectivity index (χ4v) is 1.46. The van der Waals surface area contributed by atoms with E-state index in [4.69, 9.17) is 15.6 Å². The second-order valence-electron chi connectivity index (χ2n) is 4.10. The van der Waals surface area contributed by atoms with E-state index in [1.807, 2.05) is 32.9 Å². The first-order valence-electron chi connectivity index (χ1n) is 5.15. The number of aryl methyl sites for hydroxylation is 2. The summed E-state index contributed by atoms with van der Waals surface area (Å²) in [4.78, 5) is 0. The number of benzene rings is 1. The van der Waals surface area contributed by atoms with E-state index in [0.29, 0.717) is 12.3 Å². The maximum Gasteiger partial charge on any atom is 0.145 e. The number of nitrogen functional groups attached to an aromatic ring is 1. The Morgan fingerprint density at radius 3 is 2.60 bits per heavy atom. The number of hydrogen-bond donors (Lipinski definition) is 2. The largest absolute Gasteiger partial charge is 0.491 e. The lowest BCUT2D eigenvalue weighted by Crippen LogP contribution is -2.13. The van der Waals surface area contributed by atoms with Gasteiger partial charge in [0.05, 0.1) is 12.3 Å². The molecule has 0 saturated heterocycles. The van der Waals surface area contributed by atoms with Gasteiger partial charge in [-0.1, -0.05) is 13.0 Å². The van der Waals surface area contributed by atoms with Crippen molar-refractivity contribution in [3.8, 4) is 5.75 Å². The van der Waals surface area contributed by atoms with Crippen molar-refractivity contribution in [3.63, 3.8) is 0 Å². The van der Waals surface area contributed by atoms with E-state index >= 15 is 0 Å². The standard InChI is InChI=1S/C12H19NO2/c1-8-4-10(3)12(11(13)5-8)15-7-9(2)6-14/h4-5,9,14H,6-7,13H2,1-3H3. The lowest BCUT2D eigenvalue weighted by Gasteiger charge is -2.15. The van der Waals surface area contributed by atoms with Crippen LogP contribution in [0.2, 0.25) is 0 Å². The molecule has 0 radical (unpaired) electrons. The van der Waals surface area contributed by atoms with Crippen molar-refractivity contribution in [1.82, 2.24) is 0 Å². The van der Waals surface area contributed by atoms with Crippen LogP contribution in [-0.2, 0) is 0 Å². The number of ether oxygens (including phenoxy) is 1. The molecule has 0 amide bonds. The normalized spacial score (nSPS) is 12.5.